The minimum absolute atomic E-state index is 0.871. The molecule has 2 nitrogen and oxygen atoms in total. The Morgan fingerprint density at radius 1 is 1.33 bits per heavy atom. The molecule has 1 aliphatic rings. The highest BCUT2D eigenvalue weighted by molar-refractivity contribution is 7.10. The van der Waals surface area contributed by atoms with Crippen molar-refractivity contribution >= 4 is 34.3 Å². The molecule has 3 rings (SSSR count). The normalized spacial score (nSPS) is 14.6. The van der Waals surface area contributed by atoms with Crippen LogP contribution in [0.5, 0.6) is 0 Å². The zero-order valence-corrected chi connectivity index (χ0v) is 11.6. The molecule has 1 aromatic heterocycles. The monoisotopic (exact) mass is 278 g/mol. The van der Waals surface area contributed by atoms with Crippen molar-refractivity contribution in [2.45, 2.75) is 19.4 Å². The van der Waals surface area contributed by atoms with Crippen molar-refractivity contribution in [2.75, 3.05) is 17.2 Å². The van der Waals surface area contributed by atoms with Crippen LogP contribution in [0.4, 0.5) is 11.4 Å². The molecule has 2 heterocycles. The zero-order chi connectivity index (χ0) is 12.5. The molecule has 1 aromatic carbocycles. The van der Waals surface area contributed by atoms with Crippen LogP contribution in [0.2, 0.25) is 5.02 Å². The van der Waals surface area contributed by atoms with E-state index in [1.54, 1.807) is 11.3 Å². The van der Waals surface area contributed by atoms with Gasteiger partial charge >= 0.3 is 0 Å². The van der Waals surface area contributed by atoms with E-state index in [9.17, 15) is 0 Å². The number of fused-ring (bicyclic) bond motifs is 1. The highest BCUT2D eigenvalue weighted by Crippen LogP contribution is 2.34. The molecular formula is C14H15ClN2S. The number of thiophene rings is 1. The van der Waals surface area contributed by atoms with Gasteiger partial charge in [-0.1, -0.05) is 17.7 Å². The second-order valence-corrected chi connectivity index (χ2v) is 5.97. The first-order valence-corrected chi connectivity index (χ1v) is 7.35. The van der Waals surface area contributed by atoms with Gasteiger partial charge in [-0.25, -0.2) is 0 Å². The SMILES string of the molecule is Nc1cccc2c1CCCN2Cc1sccc1Cl. The molecule has 0 saturated heterocycles. The van der Waals surface area contributed by atoms with Crippen LogP contribution < -0.4 is 10.6 Å². The summed E-state index contributed by atoms with van der Waals surface area (Å²) in [5.74, 6) is 0. The third-order valence-corrected chi connectivity index (χ3v) is 4.78. The Morgan fingerprint density at radius 2 is 2.22 bits per heavy atom. The number of nitrogens with zero attached hydrogens (tertiary/aromatic N) is 1. The molecule has 1 aliphatic heterocycles. The third kappa shape index (κ3) is 2.08. The summed E-state index contributed by atoms with van der Waals surface area (Å²) in [6.45, 7) is 1.96. The van der Waals surface area contributed by atoms with Crippen LogP contribution in [-0.2, 0) is 13.0 Å². The van der Waals surface area contributed by atoms with Crippen LogP contribution in [0.25, 0.3) is 0 Å². The fraction of sp³-hybridized carbons (Fsp3) is 0.286. The number of nitrogen functional groups attached to an aromatic ring is 1. The van der Waals surface area contributed by atoms with Gasteiger partial charge in [-0.3, -0.25) is 0 Å². The molecule has 0 saturated carbocycles. The molecule has 0 atom stereocenters. The number of nitrogens with two attached hydrogens (primary N) is 1. The fourth-order valence-electron chi connectivity index (χ4n) is 2.50. The van der Waals surface area contributed by atoms with E-state index in [0.29, 0.717) is 0 Å². The van der Waals surface area contributed by atoms with Gasteiger partial charge in [0.1, 0.15) is 0 Å². The Hall–Kier alpha value is -1.19. The summed E-state index contributed by atoms with van der Waals surface area (Å²) in [4.78, 5) is 3.61. The maximum Gasteiger partial charge on any atom is 0.0563 e. The summed E-state index contributed by atoms with van der Waals surface area (Å²) in [5, 5.41) is 2.91. The zero-order valence-electron chi connectivity index (χ0n) is 10.0. The molecule has 0 aliphatic carbocycles. The summed E-state index contributed by atoms with van der Waals surface area (Å²) in [7, 11) is 0. The van der Waals surface area contributed by atoms with Gasteiger partial charge in [0.05, 0.1) is 11.6 Å². The maximum absolute atomic E-state index is 6.18. The first-order chi connectivity index (χ1) is 8.75. The van der Waals surface area contributed by atoms with Crippen LogP contribution in [0.3, 0.4) is 0 Å². The van der Waals surface area contributed by atoms with Crippen molar-refractivity contribution < 1.29 is 0 Å². The van der Waals surface area contributed by atoms with Crippen LogP contribution >= 0.6 is 22.9 Å². The molecule has 0 unspecified atom stereocenters. The molecule has 0 spiro atoms. The van der Waals surface area contributed by atoms with E-state index in [-0.39, 0.29) is 0 Å². The van der Waals surface area contributed by atoms with Gasteiger partial charge < -0.3 is 10.6 Å². The molecule has 2 N–H and O–H groups in total. The van der Waals surface area contributed by atoms with E-state index >= 15 is 0 Å². The van der Waals surface area contributed by atoms with E-state index in [0.717, 1.165) is 36.6 Å². The lowest BCUT2D eigenvalue weighted by atomic mass is 10.00. The fourth-order valence-corrected chi connectivity index (χ4v) is 3.61. The first kappa shape index (κ1) is 11.9. The number of anilines is 2. The quantitative estimate of drug-likeness (QED) is 0.843. The lowest BCUT2D eigenvalue weighted by Gasteiger charge is -2.31. The average molecular weight is 279 g/mol. The molecule has 0 amide bonds. The largest absolute Gasteiger partial charge is 0.398 e. The van der Waals surface area contributed by atoms with Crippen molar-refractivity contribution in [3.63, 3.8) is 0 Å². The average Bonchev–Trinajstić information content (AvgIpc) is 2.77. The highest BCUT2D eigenvalue weighted by Gasteiger charge is 2.19. The minimum atomic E-state index is 0.871. The molecule has 2 aromatic rings. The molecule has 0 radical (unpaired) electrons. The maximum atomic E-state index is 6.18. The Balaban J connectivity index is 1.92. The molecule has 18 heavy (non-hydrogen) atoms. The summed E-state index contributed by atoms with van der Waals surface area (Å²) >= 11 is 7.89. The van der Waals surface area contributed by atoms with Gasteiger partial charge in [0.15, 0.2) is 0 Å². The first-order valence-electron chi connectivity index (χ1n) is 6.10. The van der Waals surface area contributed by atoms with Gasteiger partial charge in [-0.15, -0.1) is 11.3 Å². The van der Waals surface area contributed by atoms with E-state index < -0.39 is 0 Å². The summed E-state index contributed by atoms with van der Waals surface area (Å²) < 4.78 is 0. The van der Waals surface area contributed by atoms with E-state index in [2.05, 4.69) is 11.0 Å². The van der Waals surface area contributed by atoms with Crippen molar-refractivity contribution in [3.05, 3.63) is 45.1 Å². The van der Waals surface area contributed by atoms with Gasteiger partial charge in [-0.05, 0) is 42.0 Å². The van der Waals surface area contributed by atoms with E-state index in [4.69, 9.17) is 17.3 Å². The number of benzene rings is 1. The third-order valence-electron chi connectivity index (χ3n) is 3.41. The van der Waals surface area contributed by atoms with E-state index in [1.165, 1.54) is 16.1 Å². The van der Waals surface area contributed by atoms with Crippen molar-refractivity contribution in [1.29, 1.82) is 0 Å². The van der Waals surface area contributed by atoms with Crippen LogP contribution in [-0.4, -0.2) is 6.54 Å². The van der Waals surface area contributed by atoms with Crippen molar-refractivity contribution in [2.24, 2.45) is 0 Å². The van der Waals surface area contributed by atoms with Crippen LogP contribution in [0.15, 0.2) is 29.6 Å². The topological polar surface area (TPSA) is 29.3 Å². The molecule has 0 bridgehead atoms. The van der Waals surface area contributed by atoms with Gasteiger partial charge in [0, 0.05) is 22.8 Å². The highest BCUT2D eigenvalue weighted by atomic mass is 35.5. The van der Waals surface area contributed by atoms with Crippen LogP contribution in [0, 0.1) is 0 Å². The summed E-state index contributed by atoms with van der Waals surface area (Å²) in [5.41, 5.74) is 9.53. The van der Waals surface area contributed by atoms with Gasteiger partial charge in [-0.2, -0.15) is 0 Å². The Kier molecular flexibility index (Phi) is 3.18. The standard InChI is InChI=1S/C14H15ClN2S/c15-11-6-8-18-14(11)9-17-7-2-3-10-12(16)4-1-5-13(10)17/h1,4-6,8H,2-3,7,9,16H2. The Bertz CT molecular complexity index is 565. The number of halogens is 1. The smallest absolute Gasteiger partial charge is 0.0563 e. The van der Waals surface area contributed by atoms with Crippen molar-refractivity contribution in [1.82, 2.24) is 0 Å². The molecule has 94 valence electrons. The lowest BCUT2D eigenvalue weighted by Crippen LogP contribution is -2.29. The number of hydrogen-bond donors (Lipinski definition) is 1. The van der Waals surface area contributed by atoms with Crippen molar-refractivity contribution in [3.8, 4) is 0 Å². The minimum Gasteiger partial charge on any atom is -0.398 e. The second kappa shape index (κ2) is 4.82. The molecular weight excluding hydrogens is 264 g/mol. The number of rotatable bonds is 2. The Morgan fingerprint density at radius 3 is 3.00 bits per heavy atom. The summed E-state index contributed by atoms with van der Waals surface area (Å²) in [6, 6.07) is 8.14. The van der Waals surface area contributed by atoms with Crippen LogP contribution in [0.1, 0.15) is 16.9 Å². The Labute approximate surface area is 116 Å². The number of hydrogen-bond acceptors (Lipinski definition) is 3. The summed E-state index contributed by atoms with van der Waals surface area (Å²) in [6.07, 6.45) is 2.24. The lowest BCUT2D eigenvalue weighted by molar-refractivity contribution is 0.696. The second-order valence-electron chi connectivity index (χ2n) is 4.56. The predicted molar refractivity (Wildman–Crippen MR) is 79.6 cm³/mol. The molecule has 4 heteroatoms. The van der Waals surface area contributed by atoms with Gasteiger partial charge in [0.25, 0.3) is 0 Å². The predicted octanol–water partition coefficient (Wildman–Crippen LogP) is 3.94. The van der Waals surface area contributed by atoms with Gasteiger partial charge in [0.2, 0.25) is 0 Å². The molecule has 0 fully saturated rings. The van der Waals surface area contributed by atoms with E-state index in [1.807, 2.05) is 23.6 Å².